The van der Waals surface area contributed by atoms with E-state index in [-0.39, 0.29) is 6.54 Å². The van der Waals surface area contributed by atoms with Crippen LogP contribution in [-0.2, 0) is 17.4 Å². The maximum Gasteiger partial charge on any atom is 0.229 e. The summed E-state index contributed by atoms with van der Waals surface area (Å²) in [6.07, 6.45) is 3.31. The second-order valence-corrected chi connectivity index (χ2v) is 9.85. The Bertz CT molecular complexity index is 1480. The first kappa shape index (κ1) is 25.1. The maximum absolute atomic E-state index is 10.9. The van der Waals surface area contributed by atoms with E-state index in [1.165, 1.54) is 6.20 Å². The molecule has 0 saturated carbocycles. The number of aromatic nitrogens is 4. The van der Waals surface area contributed by atoms with Crippen molar-refractivity contribution in [1.82, 2.24) is 29.6 Å². The molecule has 0 aliphatic carbocycles. The van der Waals surface area contributed by atoms with Gasteiger partial charge in [0.15, 0.2) is 5.82 Å². The van der Waals surface area contributed by atoms with Crippen LogP contribution in [0.5, 0.6) is 0 Å². The highest BCUT2D eigenvalue weighted by molar-refractivity contribution is 7.70. The molecule has 5 rings (SSSR count). The number of fused-ring (bicyclic) bond motifs is 1. The Labute approximate surface area is 221 Å². The average molecular weight is 540 g/mol. The Morgan fingerprint density at radius 1 is 0.946 bits per heavy atom. The van der Waals surface area contributed by atoms with Crippen LogP contribution in [0.15, 0.2) is 54.9 Å². The first-order chi connectivity index (χ1) is 17.9. The standard InChI is InChI=1S/C24H26ClN9O2S/c1-33-8-10-34(11-9-33)22-15-26-21-12-17(6-7-20(21)30-22)29-24-27-14-18(25)23(32-24)31-19-5-3-2-4-16(19)13-28-37(35)36/h2-7,12,14-15,37H,8-11,13H2,1H3,(H,28,35,36)(H2,27,29,31,32). The summed E-state index contributed by atoms with van der Waals surface area (Å²) in [6.45, 7) is 4.01. The molecule has 0 radical (unpaired) electrons. The monoisotopic (exact) mass is 539 g/mol. The van der Waals surface area contributed by atoms with Gasteiger partial charge < -0.3 is 20.4 Å². The van der Waals surface area contributed by atoms with E-state index in [4.69, 9.17) is 16.6 Å². The lowest BCUT2D eigenvalue weighted by atomic mass is 10.2. The third kappa shape index (κ3) is 6.23. The second-order valence-electron chi connectivity index (χ2n) is 8.61. The summed E-state index contributed by atoms with van der Waals surface area (Å²) in [7, 11) is -0.584. The number of piperazine rings is 1. The Kier molecular flexibility index (Phi) is 7.60. The Hall–Kier alpha value is -3.58. The molecule has 37 heavy (non-hydrogen) atoms. The summed E-state index contributed by atoms with van der Waals surface area (Å²) in [5.41, 5.74) is 3.75. The smallest absolute Gasteiger partial charge is 0.229 e. The van der Waals surface area contributed by atoms with E-state index in [2.05, 4.69) is 47.2 Å². The number of nitrogens with one attached hydrogen (secondary N) is 3. The van der Waals surface area contributed by atoms with E-state index in [1.807, 2.05) is 48.7 Å². The maximum atomic E-state index is 10.9. The minimum Gasteiger partial charge on any atom is -0.353 e. The van der Waals surface area contributed by atoms with Gasteiger partial charge in [-0.3, -0.25) is 4.98 Å². The van der Waals surface area contributed by atoms with Crippen molar-refractivity contribution in [3.8, 4) is 0 Å². The van der Waals surface area contributed by atoms with Gasteiger partial charge in [0, 0.05) is 44.1 Å². The fraction of sp³-hybridized carbons (Fsp3) is 0.250. The van der Waals surface area contributed by atoms with Crippen LogP contribution in [-0.4, -0.2) is 66.5 Å². The highest BCUT2D eigenvalue weighted by atomic mass is 35.5. The molecule has 13 heteroatoms. The molecule has 1 fully saturated rings. The molecule has 1 aliphatic heterocycles. The number of para-hydroxylation sites is 1. The zero-order valence-corrected chi connectivity index (χ0v) is 21.7. The van der Waals surface area contributed by atoms with Gasteiger partial charge in [-0.2, -0.15) is 4.98 Å². The van der Waals surface area contributed by atoms with Gasteiger partial charge in [0.05, 0.1) is 23.4 Å². The molecule has 0 spiro atoms. The van der Waals surface area contributed by atoms with Crippen LogP contribution >= 0.6 is 11.6 Å². The van der Waals surface area contributed by atoms with E-state index in [1.54, 1.807) is 0 Å². The van der Waals surface area contributed by atoms with Crippen LogP contribution in [0.1, 0.15) is 5.56 Å². The first-order valence-corrected chi connectivity index (χ1v) is 13.2. The Morgan fingerprint density at radius 2 is 1.76 bits per heavy atom. The van der Waals surface area contributed by atoms with Gasteiger partial charge in [0.1, 0.15) is 10.8 Å². The average Bonchev–Trinajstić information content (AvgIpc) is 2.90. The van der Waals surface area contributed by atoms with E-state index in [0.717, 1.165) is 54.3 Å². The second kappa shape index (κ2) is 11.2. The molecule has 1 saturated heterocycles. The molecule has 3 N–H and O–H groups in total. The van der Waals surface area contributed by atoms with Gasteiger partial charge in [-0.1, -0.05) is 29.8 Å². The Balaban J connectivity index is 1.32. The molecule has 11 nitrogen and oxygen atoms in total. The van der Waals surface area contributed by atoms with Crippen molar-refractivity contribution in [3.05, 3.63) is 65.4 Å². The molecular formula is C24H26ClN9O2S. The van der Waals surface area contributed by atoms with Gasteiger partial charge in [-0.25, -0.2) is 23.1 Å². The van der Waals surface area contributed by atoms with Crippen LogP contribution in [0, 0.1) is 0 Å². The van der Waals surface area contributed by atoms with Crippen molar-refractivity contribution in [1.29, 1.82) is 0 Å². The first-order valence-electron chi connectivity index (χ1n) is 11.7. The fourth-order valence-corrected chi connectivity index (χ4v) is 4.42. The molecule has 0 bridgehead atoms. The molecule has 1 aliphatic rings. The summed E-state index contributed by atoms with van der Waals surface area (Å²) in [6, 6.07) is 13.0. The molecule has 3 heterocycles. The number of thiol groups is 1. The normalized spacial score (nSPS) is 14.3. The minimum absolute atomic E-state index is 0.143. The van der Waals surface area contributed by atoms with E-state index >= 15 is 0 Å². The van der Waals surface area contributed by atoms with Crippen molar-refractivity contribution in [2.75, 3.05) is 48.8 Å². The number of rotatable bonds is 8. The number of nitrogens with zero attached hydrogens (tertiary/aromatic N) is 6. The van der Waals surface area contributed by atoms with Crippen LogP contribution in [0.25, 0.3) is 11.0 Å². The zero-order chi connectivity index (χ0) is 25.8. The van der Waals surface area contributed by atoms with Crippen LogP contribution in [0.3, 0.4) is 0 Å². The van der Waals surface area contributed by atoms with Crippen molar-refractivity contribution in [2.45, 2.75) is 6.54 Å². The van der Waals surface area contributed by atoms with Gasteiger partial charge >= 0.3 is 0 Å². The molecule has 0 unspecified atom stereocenters. The number of hydrogen-bond donors (Lipinski definition) is 4. The van der Waals surface area contributed by atoms with E-state index < -0.39 is 10.9 Å². The lowest BCUT2D eigenvalue weighted by Gasteiger charge is -2.33. The zero-order valence-electron chi connectivity index (χ0n) is 20.1. The topological polar surface area (TPSA) is 128 Å². The molecular weight excluding hydrogens is 514 g/mol. The molecule has 4 aromatic rings. The largest absolute Gasteiger partial charge is 0.353 e. The molecule has 0 atom stereocenters. The lowest BCUT2D eigenvalue weighted by molar-refractivity contribution is 0.312. The predicted molar refractivity (Wildman–Crippen MR) is 146 cm³/mol. The summed E-state index contributed by atoms with van der Waals surface area (Å²) < 4.78 is 24.3. The highest BCUT2D eigenvalue weighted by Crippen LogP contribution is 2.27. The van der Waals surface area contributed by atoms with Crippen molar-refractivity contribution < 1.29 is 8.42 Å². The van der Waals surface area contributed by atoms with Crippen LogP contribution in [0.2, 0.25) is 5.02 Å². The highest BCUT2D eigenvalue weighted by Gasteiger charge is 2.16. The Morgan fingerprint density at radius 3 is 2.57 bits per heavy atom. The van der Waals surface area contributed by atoms with Crippen LogP contribution < -0.4 is 20.3 Å². The van der Waals surface area contributed by atoms with Gasteiger partial charge in [-0.15, -0.1) is 0 Å². The van der Waals surface area contributed by atoms with Crippen molar-refractivity contribution in [3.63, 3.8) is 0 Å². The fourth-order valence-electron chi connectivity index (χ4n) is 3.98. The van der Waals surface area contributed by atoms with E-state index in [0.29, 0.717) is 22.5 Å². The summed E-state index contributed by atoms with van der Waals surface area (Å²) in [5.74, 6) is 1.61. The number of hydrogen-bond acceptors (Lipinski definition) is 10. The quantitative estimate of drug-likeness (QED) is 0.248. The molecule has 2 aromatic heterocycles. The third-order valence-electron chi connectivity index (χ3n) is 6.03. The summed E-state index contributed by atoms with van der Waals surface area (Å²) in [4.78, 5) is 22.8. The predicted octanol–water partition coefficient (Wildman–Crippen LogP) is 2.93. The molecule has 192 valence electrons. The van der Waals surface area contributed by atoms with Crippen molar-refractivity contribution in [2.24, 2.45) is 0 Å². The van der Waals surface area contributed by atoms with Gasteiger partial charge in [-0.05, 0) is 36.9 Å². The summed E-state index contributed by atoms with van der Waals surface area (Å²) >= 11 is 6.34. The van der Waals surface area contributed by atoms with Gasteiger partial charge in [0.2, 0.25) is 16.8 Å². The number of halogens is 1. The number of likely N-dealkylation sites (N-methyl/N-ethyl adjacent to an activating group) is 1. The molecule has 0 amide bonds. The van der Waals surface area contributed by atoms with Crippen molar-refractivity contribution >= 4 is 62.5 Å². The van der Waals surface area contributed by atoms with Crippen LogP contribution in [0.4, 0.5) is 29.0 Å². The van der Waals surface area contributed by atoms with E-state index in [9.17, 15) is 8.42 Å². The molecule has 2 aromatic carbocycles. The lowest BCUT2D eigenvalue weighted by Crippen LogP contribution is -2.44. The number of benzene rings is 2. The van der Waals surface area contributed by atoms with Gasteiger partial charge in [0.25, 0.3) is 0 Å². The number of anilines is 5. The minimum atomic E-state index is -2.71. The summed E-state index contributed by atoms with van der Waals surface area (Å²) in [5, 5.41) is 6.68. The third-order valence-corrected chi connectivity index (χ3v) is 6.72. The SMILES string of the molecule is CN1CCN(c2cnc3cc(Nc4ncc(Cl)c(Nc5ccccc5CN[SH](=O)=O)n4)ccc3n2)CC1.